The van der Waals surface area contributed by atoms with Crippen molar-refractivity contribution >= 4 is 130 Å². The molecule has 6 rings (SSSR count). The number of hydrogen-bond donors (Lipinski definition) is 0. The van der Waals surface area contributed by atoms with E-state index in [4.69, 9.17) is 0 Å². The molecule has 27 heavy (non-hydrogen) atoms. The van der Waals surface area contributed by atoms with E-state index >= 15 is 0 Å². The van der Waals surface area contributed by atoms with E-state index in [1.807, 2.05) is 0 Å². The molecule has 0 bridgehead atoms. The zero-order valence-corrected chi connectivity index (χ0v) is 24.7. The van der Waals surface area contributed by atoms with Gasteiger partial charge in [0.2, 0.25) is 0 Å². The van der Waals surface area contributed by atoms with Crippen LogP contribution in [0, 0.1) is 16.2 Å². The highest BCUT2D eigenvalue weighted by Crippen LogP contribution is 2.55. The Hall–Kier alpha value is 4.20. The van der Waals surface area contributed by atoms with Gasteiger partial charge in [0.25, 0.3) is 0 Å². The van der Waals surface area contributed by atoms with Crippen molar-refractivity contribution in [3.63, 3.8) is 0 Å². The lowest BCUT2D eigenvalue weighted by atomic mass is 9.99. The van der Waals surface area contributed by atoms with Crippen molar-refractivity contribution in [3.8, 4) is 0 Å². The highest BCUT2D eigenvalue weighted by Gasteiger charge is 2.40. The second kappa shape index (κ2) is 12.1. The largest absolute Gasteiger partial charge is 0.0935 e. The molecule has 6 saturated heterocycles. The van der Waals surface area contributed by atoms with Gasteiger partial charge < -0.3 is 0 Å². The standard InChI is InChI=1S/3C5H8S4/c3*1-5(2-7-6-1)3-8-9-4-5/h3*1-4H2. The molecule has 0 aliphatic carbocycles. The molecular formula is C15H24S12. The first-order valence-corrected chi connectivity index (χ1v) is 23.6. The Balaban J connectivity index is 0.0000001000. The lowest BCUT2D eigenvalue weighted by Crippen LogP contribution is -2.24. The Morgan fingerprint density at radius 2 is 0.333 bits per heavy atom. The molecule has 6 aliphatic rings. The zero-order valence-electron chi connectivity index (χ0n) is 14.9. The second-order valence-corrected chi connectivity index (χ2v) is 22.4. The predicted molar refractivity (Wildman–Crippen MR) is 157 cm³/mol. The molecule has 156 valence electrons. The molecule has 0 saturated carbocycles. The molecule has 0 atom stereocenters. The second-order valence-electron chi connectivity index (χ2n) is 7.65. The number of rotatable bonds is 0. The molecule has 6 fully saturated rings. The van der Waals surface area contributed by atoms with Crippen LogP contribution in [0.3, 0.4) is 0 Å². The SMILES string of the molecule is C1SSCC12CSSC2.C1SSCC12CSSC2.C1SSCC12CSSC2. The van der Waals surface area contributed by atoms with Crippen LogP contribution >= 0.6 is 130 Å². The van der Waals surface area contributed by atoms with Gasteiger partial charge in [-0.1, -0.05) is 130 Å². The van der Waals surface area contributed by atoms with Gasteiger partial charge >= 0.3 is 0 Å². The summed E-state index contributed by atoms with van der Waals surface area (Å²) in [5.41, 5.74) is 2.22. The van der Waals surface area contributed by atoms with Crippen LogP contribution in [0.15, 0.2) is 0 Å². The van der Waals surface area contributed by atoms with Crippen LogP contribution in [0.25, 0.3) is 0 Å². The Labute approximate surface area is 212 Å². The lowest BCUT2D eigenvalue weighted by Gasteiger charge is -2.16. The molecule has 6 aliphatic heterocycles. The van der Waals surface area contributed by atoms with Crippen LogP contribution in [0.4, 0.5) is 0 Å². The normalized spacial score (nSPS) is 32.0. The molecule has 0 aromatic heterocycles. The van der Waals surface area contributed by atoms with Gasteiger partial charge in [-0.3, -0.25) is 0 Å². The monoisotopic (exact) mass is 588 g/mol. The summed E-state index contributed by atoms with van der Waals surface area (Å²) in [6.45, 7) is 0. The maximum atomic E-state index is 2.06. The first-order valence-electron chi connectivity index (χ1n) is 8.71. The third-order valence-electron chi connectivity index (χ3n) is 4.88. The molecule has 0 N–H and O–H groups in total. The highest BCUT2D eigenvalue weighted by molar-refractivity contribution is 8.79. The minimum atomic E-state index is 0.741. The molecule has 6 heterocycles. The molecule has 0 aromatic rings. The smallest absolute Gasteiger partial charge is 0.0118 e. The third kappa shape index (κ3) is 7.09. The highest BCUT2D eigenvalue weighted by atomic mass is 33.1. The summed E-state index contributed by atoms with van der Waals surface area (Å²) < 4.78 is 0. The minimum absolute atomic E-state index is 0.741. The molecule has 0 unspecified atom stereocenters. The van der Waals surface area contributed by atoms with E-state index in [1.54, 1.807) is 0 Å². The summed E-state index contributed by atoms with van der Waals surface area (Å²) in [5, 5.41) is 0. The van der Waals surface area contributed by atoms with E-state index in [0.717, 1.165) is 16.2 Å². The summed E-state index contributed by atoms with van der Waals surface area (Å²) in [7, 11) is 24.7. The maximum Gasteiger partial charge on any atom is 0.0118 e. The molecular weight excluding hydrogens is 565 g/mol. The van der Waals surface area contributed by atoms with Crippen LogP contribution in [0.5, 0.6) is 0 Å². The Morgan fingerprint density at radius 1 is 0.222 bits per heavy atom. The van der Waals surface area contributed by atoms with Crippen molar-refractivity contribution in [1.29, 1.82) is 0 Å². The van der Waals surface area contributed by atoms with Crippen molar-refractivity contribution in [3.05, 3.63) is 0 Å². The summed E-state index contributed by atoms with van der Waals surface area (Å²) in [5.74, 6) is 16.8. The molecule has 0 nitrogen and oxygen atoms in total. The van der Waals surface area contributed by atoms with Crippen LogP contribution < -0.4 is 0 Å². The third-order valence-corrected chi connectivity index (χ3v) is 21.9. The fourth-order valence-electron chi connectivity index (χ4n) is 2.75. The fourth-order valence-corrected chi connectivity index (χ4v) is 24.7. The Kier molecular flexibility index (Phi) is 10.9. The quantitative estimate of drug-likeness (QED) is 0.250. The van der Waals surface area contributed by atoms with Gasteiger partial charge in [0.1, 0.15) is 0 Å². The summed E-state index contributed by atoms with van der Waals surface area (Å²) in [6, 6.07) is 0. The van der Waals surface area contributed by atoms with E-state index in [0.29, 0.717) is 0 Å². The lowest BCUT2D eigenvalue weighted by molar-refractivity contribution is 0.530. The van der Waals surface area contributed by atoms with Crippen molar-refractivity contribution in [2.45, 2.75) is 0 Å². The molecule has 3 spiro atoms. The fraction of sp³-hybridized carbons (Fsp3) is 1.00. The van der Waals surface area contributed by atoms with Crippen molar-refractivity contribution < 1.29 is 0 Å². The predicted octanol–water partition coefficient (Wildman–Crippen LogP) is 8.29. The average molecular weight is 589 g/mol. The van der Waals surface area contributed by atoms with Gasteiger partial charge in [-0.15, -0.1) is 0 Å². The molecule has 0 radical (unpaired) electrons. The molecule has 0 aromatic carbocycles. The van der Waals surface area contributed by atoms with E-state index < -0.39 is 0 Å². The van der Waals surface area contributed by atoms with Crippen molar-refractivity contribution in [1.82, 2.24) is 0 Å². The van der Waals surface area contributed by atoms with Gasteiger partial charge in [-0.2, -0.15) is 0 Å². The summed E-state index contributed by atoms with van der Waals surface area (Å²) >= 11 is 0. The van der Waals surface area contributed by atoms with Gasteiger partial charge in [0.05, 0.1) is 0 Å². The first-order chi connectivity index (χ1) is 13.2. The number of hydrogen-bond acceptors (Lipinski definition) is 12. The van der Waals surface area contributed by atoms with Gasteiger partial charge in [-0.25, -0.2) is 0 Å². The van der Waals surface area contributed by atoms with Crippen LogP contribution in [-0.2, 0) is 0 Å². The van der Waals surface area contributed by atoms with Crippen LogP contribution in [-0.4, -0.2) is 69.0 Å². The van der Waals surface area contributed by atoms with Gasteiger partial charge in [0, 0.05) is 85.3 Å². The van der Waals surface area contributed by atoms with E-state index in [9.17, 15) is 0 Å². The minimum Gasteiger partial charge on any atom is -0.0935 e. The topological polar surface area (TPSA) is 0 Å². The van der Waals surface area contributed by atoms with Crippen LogP contribution in [0.2, 0.25) is 0 Å². The summed E-state index contributed by atoms with van der Waals surface area (Å²) in [6.07, 6.45) is 0. The van der Waals surface area contributed by atoms with E-state index in [-0.39, 0.29) is 0 Å². The maximum absolute atomic E-state index is 2.06. The van der Waals surface area contributed by atoms with Gasteiger partial charge in [0.15, 0.2) is 0 Å². The Morgan fingerprint density at radius 3 is 0.444 bits per heavy atom. The van der Waals surface area contributed by atoms with E-state index in [1.165, 1.54) is 69.0 Å². The van der Waals surface area contributed by atoms with Crippen molar-refractivity contribution in [2.75, 3.05) is 69.0 Å². The average Bonchev–Trinajstić information content (AvgIpc) is 3.53. The van der Waals surface area contributed by atoms with Crippen LogP contribution in [0.1, 0.15) is 0 Å². The molecule has 0 amide bonds. The summed E-state index contributed by atoms with van der Waals surface area (Å²) in [4.78, 5) is 0. The van der Waals surface area contributed by atoms with E-state index in [2.05, 4.69) is 130 Å². The van der Waals surface area contributed by atoms with Gasteiger partial charge in [-0.05, 0) is 0 Å². The van der Waals surface area contributed by atoms with Crippen molar-refractivity contribution in [2.24, 2.45) is 16.2 Å². The molecule has 12 heteroatoms. The zero-order chi connectivity index (χ0) is 18.5. The Bertz CT molecular complexity index is 319. The first kappa shape index (κ1) is 24.3.